The largest absolute Gasteiger partial charge is 0.365 e. The molecule has 5 nitrogen and oxygen atoms in total. The maximum absolute atomic E-state index is 10.8. The Balaban J connectivity index is 2.40. The fraction of sp³-hybridized carbons (Fsp3) is 0.300. The maximum atomic E-state index is 10.8. The Morgan fingerprint density at radius 3 is 2.87 bits per heavy atom. The maximum Gasteiger partial charge on any atom is 0.280 e. The van der Waals surface area contributed by atoms with Gasteiger partial charge in [-0.15, -0.1) is 0 Å². The van der Waals surface area contributed by atoms with Crippen LogP contribution in [0.15, 0.2) is 29.3 Å². The van der Waals surface area contributed by atoms with Gasteiger partial charge < -0.3 is 5.32 Å². The van der Waals surface area contributed by atoms with E-state index in [2.05, 4.69) is 10.3 Å². The molecule has 0 radical (unpaired) electrons. The van der Waals surface area contributed by atoms with Crippen LogP contribution >= 0.6 is 0 Å². The molecular formula is C10H11N3O2. The van der Waals surface area contributed by atoms with Gasteiger partial charge in [-0.1, -0.05) is 12.1 Å². The number of nitro groups is 1. The third-order valence-corrected chi connectivity index (χ3v) is 2.26. The normalized spacial score (nSPS) is 19.5. The molecule has 0 spiro atoms. The zero-order chi connectivity index (χ0) is 10.8. The number of amidine groups is 1. The highest BCUT2D eigenvalue weighted by Crippen LogP contribution is 2.19. The van der Waals surface area contributed by atoms with E-state index in [0.29, 0.717) is 17.9 Å². The molecule has 15 heavy (non-hydrogen) atoms. The van der Waals surface area contributed by atoms with Crippen LogP contribution in [0.1, 0.15) is 12.5 Å². The number of hydrogen-bond donors (Lipinski definition) is 1. The minimum absolute atomic E-state index is 0.0952. The van der Waals surface area contributed by atoms with Crippen LogP contribution in [0.25, 0.3) is 0 Å². The van der Waals surface area contributed by atoms with Crippen molar-refractivity contribution in [3.05, 3.63) is 39.9 Å². The Morgan fingerprint density at radius 1 is 1.53 bits per heavy atom. The first-order chi connectivity index (χ1) is 7.18. The third kappa shape index (κ3) is 1.81. The second kappa shape index (κ2) is 3.68. The third-order valence-electron chi connectivity index (χ3n) is 2.26. The summed E-state index contributed by atoms with van der Waals surface area (Å²) in [7, 11) is 0. The van der Waals surface area contributed by atoms with Gasteiger partial charge in [-0.05, 0) is 13.0 Å². The van der Waals surface area contributed by atoms with Crippen molar-refractivity contribution in [2.75, 3.05) is 6.54 Å². The van der Waals surface area contributed by atoms with Crippen molar-refractivity contribution >= 4 is 11.5 Å². The summed E-state index contributed by atoms with van der Waals surface area (Å²) in [6, 6.07) is 6.88. The van der Waals surface area contributed by atoms with E-state index in [9.17, 15) is 10.1 Å². The first kappa shape index (κ1) is 9.64. The molecule has 0 aromatic heterocycles. The van der Waals surface area contributed by atoms with Crippen LogP contribution in [0.5, 0.6) is 0 Å². The van der Waals surface area contributed by atoms with Gasteiger partial charge in [0.1, 0.15) is 5.84 Å². The van der Waals surface area contributed by atoms with Crippen LogP contribution in [0.3, 0.4) is 0 Å². The molecule has 1 aromatic carbocycles. The highest BCUT2D eigenvalue weighted by atomic mass is 16.6. The zero-order valence-electron chi connectivity index (χ0n) is 8.30. The van der Waals surface area contributed by atoms with Gasteiger partial charge in [0, 0.05) is 12.1 Å². The summed E-state index contributed by atoms with van der Waals surface area (Å²) in [5.74, 6) is 0.620. The van der Waals surface area contributed by atoms with Crippen LogP contribution in [-0.4, -0.2) is 23.3 Å². The molecule has 0 amide bonds. The zero-order valence-corrected chi connectivity index (χ0v) is 8.30. The molecule has 1 unspecified atom stereocenters. The van der Waals surface area contributed by atoms with Crippen LogP contribution in [0, 0.1) is 10.1 Å². The molecule has 0 aliphatic carbocycles. The van der Waals surface area contributed by atoms with Gasteiger partial charge in [0.25, 0.3) is 5.69 Å². The number of hydrogen-bond acceptors (Lipinski definition) is 4. The van der Waals surface area contributed by atoms with Crippen LogP contribution < -0.4 is 5.32 Å². The van der Waals surface area contributed by atoms with E-state index in [-0.39, 0.29) is 16.7 Å². The van der Waals surface area contributed by atoms with Crippen molar-refractivity contribution in [2.45, 2.75) is 13.0 Å². The van der Waals surface area contributed by atoms with Gasteiger partial charge in [-0.2, -0.15) is 0 Å². The summed E-state index contributed by atoms with van der Waals surface area (Å²) >= 11 is 0. The van der Waals surface area contributed by atoms with E-state index < -0.39 is 0 Å². The van der Waals surface area contributed by atoms with Crippen molar-refractivity contribution < 1.29 is 4.92 Å². The lowest BCUT2D eigenvalue weighted by molar-refractivity contribution is -0.385. The molecule has 2 rings (SSSR count). The number of para-hydroxylation sites is 1. The second-order valence-corrected chi connectivity index (χ2v) is 3.51. The SMILES string of the molecule is CC1CN=C(c2ccccc2[N+](=O)[O-])N1. The van der Waals surface area contributed by atoms with E-state index in [1.807, 2.05) is 6.92 Å². The van der Waals surface area contributed by atoms with Crippen molar-refractivity contribution in [1.29, 1.82) is 0 Å². The number of nitrogens with one attached hydrogen (secondary N) is 1. The Bertz CT molecular complexity index is 428. The highest BCUT2D eigenvalue weighted by molar-refractivity contribution is 6.03. The molecule has 1 heterocycles. The predicted molar refractivity (Wildman–Crippen MR) is 57.1 cm³/mol. The molecule has 0 fully saturated rings. The smallest absolute Gasteiger partial charge is 0.280 e. The molecule has 0 saturated heterocycles. The first-order valence-electron chi connectivity index (χ1n) is 4.73. The molecule has 1 aromatic rings. The van der Waals surface area contributed by atoms with Gasteiger partial charge >= 0.3 is 0 Å². The summed E-state index contributed by atoms with van der Waals surface area (Å²) in [5.41, 5.74) is 0.657. The van der Waals surface area contributed by atoms with Gasteiger partial charge in [-0.3, -0.25) is 15.1 Å². The van der Waals surface area contributed by atoms with E-state index in [4.69, 9.17) is 0 Å². The van der Waals surface area contributed by atoms with Gasteiger partial charge in [0.2, 0.25) is 0 Å². The highest BCUT2D eigenvalue weighted by Gasteiger charge is 2.21. The van der Waals surface area contributed by atoms with E-state index in [1.54, 1.807) is 18.2 Å². The predicted octanol–water partition coefficient (Wildman–Crippen LogP) is 1.33. The molecule has 1 aliphatic rings. The molecule has 1 atom stereocenters. The lowest BCUT2D eigenvalue weighted by Gasteiger charge is -2.06. The number of rotatable bonds is 2. The van der Waals surface area contributed by atoms with Crippen molar-refractivity contribution in [3.63, 3.8) is 0 Å². The fourth-order valence-corrected chi connectivity index (χ4v) is 1.55. The van der Waals surface area contributed by atoms with Gasteiger partial charge in [-0.25, -0.2) is 0 Å². The number of aliphatic imine (C=N–C) groups is 1. The van der Waals surface area contributed by atoms with Crippen LogP contribution in [0.2, 0.25) is 0 Å². The molecule has 0 bridgehead atoms. The van der Waals surface area contributed by atoms with E-state index >= 15 is 0 Å². The number of benzene rings is 1. The lowest BCUT2D eigenvalue weighted by atomic mass is 10.1. The minimum atomic E-state index is -0.386. The van der Waals surface area contributed by atoms with E-state index in [0.717, 1.165) is 0 Å². The van der Waals surface area contributed by atoms with E-state index in [1.165, 1.54) is 6.07 Å². The summed E-state index contributed by atoms with van der Waals surface area (Å²) in [4.78, 5) is 14.6. The summed E-state index contributed by atoms with van der Waals surface area (Å²) in [6.07, 6.45) is 0. The Hall–Kier alpha value is -1.91. The molecular weight excluding hydrogens is 194 g/mol. The average molecular weight is 205 g/mol. The van der Waals surface area contributed by atoms with Crippen LogP contribution in [0.4, 0.5) is 5.69 Å². The fourth-order valence-electron chi connectivity index (χ4n) is 1.55. The Morgan fingerprint density at radius 2 is 2.27 bits per heavy atom. The van der Waals surface area contributed by atoms with Crippen LogP contribution in [-0.2, 0) is 0 Å². The molecule has 1 N–H and O–H groups in total. The average Bonchev–Trinajstić information content (AvgIpc) is 2.65. The molecule has 1 aliphatic heterocycles. The topological polar surface area (TPSA) is 67.5 Å². The Kier molecular flexibility index (Phi) is 2.37. The second-order valence-electron chi connectivity index (χ2n) is 3.51. The first-order valence-corrected chi connectivity index (χ1v) is 4.73. The number of nitrogens with zero attached hydrogens (tertiary/aromatic N) is 2. The van der Waals surface area contributed by atoms with Gasteiger partial charge in [0.05, 0.1) is 17.0 Å². The molecule has 0 saturated carbocycles. The van der Waals surface area contributed by atoms with Crippen molar-refractivity contribution in [2.24, 2.45) is 4.99 Å². The van der Waals surface area contributed by atoms with Crippen molar-refractivity contribution in [3.8, 4) is 0 Å². The van der Waals surface area contributed by atoms with Gasteiger partial charge in [0.15, 0.2) is 0 Å². The molecule has 78 valence electrons. The summed E-state index contributed by atoms with van der Waals surface area (Å²) < 4.78 is 0. The molecule has 5 heteroatoms. The van der Waals surface area contributed by atoms with Crippen molar-refractivity contribution in [1.82, 2.24) is 5.32 Å². The number of nitro benzene ring substituents is 1. The minimum Gasteiger partial charge on any atom is -0.365 e. The quantitative estimate of drug-likeness (QED) is 0.585. The summed E-state index contributed by atoms with van der Waals surface area (Å²) in [6.45, 7) is 2.66. The lowest BCUT2D eigenvalue weighted by Crippen LogP contribution is -2.28. The standard InChI is InChI=1S/C10H11N3O2/c1-7-6-11-10(12-7)8-4-2-3-5-9(8)13(14)15/h2-5,7H,6H2,1H3,(H,11,12). The Labute approximate surface area is 87.0 Å². The monoisotopic (exact) mass is 205 g/mol. The summed E-state index contributed by atoms with van der Waals surface area (Å²) in [5, 5.41) is 13.9.